The zero-order chi connectivity index (χ0) is 23.4. The van der Waals surface area contributed by atoms with E-state index in [2.05, 4.69) is 48.4 Å². The van der Waals surface area contributed by atoms with Crippen molar-refractivity contribution in [3.63, 3.8) is 0 Å². The Morgan fingerprint density at radius 2 is 1.91 bits per heavy atom. The summed E-state index contributed by atoms with van der Waals surface area (Å²) in [5.41, 5.74) is 5.43. The average molecular weight is 456 g/mol. The van der Waals surface area contributed by atoms with Crippen molar-refractivity contribution >= 4 is 17.0 Å². The molecule has 4 aromatic rings. The number of halogens is 1. The molecule has 5 nitrogen and oxygen atoms in total. The highest BCUT2D eigenvalue weighted by atomic mass is 19.1. The van der Waals surface area contributed by atoms with Gasteiger partial charge in [0.1, 0.15) is 5.82 Å². The monoisotopic (exact) mass is 455 g/mol. The molecule has 1 aliphatic heterocycles. The highest BCUT2D eigenvalue weighted by Gasteiger charge is 2.71. The van der Waals surface area contributed by atoms with Crippen molar-refractivity contribution in [2.24, 2.45) is 5.92 Å². The number of carbonyl (C=O) groups is 1. The van der Waals surface area contributed by atoms with Gasteiger partial charge in [0.05, 0.1) is 24.0 Å². The first-order valence-corrected chi connectivity index (χ1v) is 11.7. The van der Waals surface area contributed by atoms with E-state index in [-0.39, 0.29) is 17.3 Å². The maximum Gasteiger partial charge on any atom is 0.409 e. The highest BCUT2D eigenvalue weighted by Crippen LogP contribution is 2.69. The van der Waals surface area contributed by atoms with Crippen LogP contribution in [0.5, 0.6) is 0 Å². The molecule has 1 aromatic heterocycles. The Labute approximate surface area is 197 Å². The van der Waals surface area contributed by atoms with Gasteiger partial charge in [-0.1, -0.05) is 30.3 Å². The van der Waals surface area contributed by atoms with E-state index in [4.69, 9.17) is 4.74 Å². The lowest BCUT2D eigenvalue weighted by Crippen LogP contribution is -2.35. The van der Waals surface area contributed by atoms with Crippen LogP contribution in [0, 0.1) is 18.7 Å². The number of ether oxygens (including phenoxy) is 1. The Balaban J connectivity index is 1.44. The molecule has 2 heterocycles. The number of nitrogens with zero attached hydrogens (tertiary/aromatic N) is 3. The summed E-state index contributed by atoms with van der Waals surface area (Å²) >= 11 is 0. The number of hydrogen-bond acceptors (Lipinski definition) is 3. The minimum Gasteiger partial charge on any atom is -0.450 e. The van der Waals surface area contributed by atoms with Crippen LogP contribution in [0.4, 0.5) is 9.18 Å². The molecule has 1 aliphatic carbocycles. The minimum atomic E-state index is -0.267. The molecule has 34 heavy (non-hydrogen) atoms. The molecule has 2 aliphatic rings. The molecule has 1 saturated carbocycles. The van der Waals surface area contributed by atoms with Gasteiger partial charge in [0.2, 0.25) is 0 Å². The fourth-order valence-electron chi connectivity index (χ4n) is 6.08. The zero-order valence-corrected chi connectivity index (χ0v) is 19.2. The molecule has 0 unspecified atom stereocenters. The predicted octanol–water partition coefficient (Wildman–Crippen LogP) is 5.60. The van der Waals surface area contributed by atoms with Gasteiger partial charge >= 0.3 is 6.09 Å². The van der Waals surface area contributed by atoms with Gasteiger partial charge in [0.25, 0.3) is 0 Å². The van der Waals surface area contributed by atoms with Crippen molar-refractivity contribution < 1.29 is 13.9 Å². The lowest BCUT2D eigenvalue weighted by Gasteiger charge is -2.25. The van der Waals surface area contributed by atoms with E-state index in [1.807, 2.05) is 28.8 Å². The van der Waals surface area contributed by atoms with Gasteiger partial charge in [-0.2, -0.15) is 5.10 Å². The molecule has 6 rings (SSSR count). The predicted molar refractivity (Wildman–Crippen MR) is 129 cm³/mol. The van der Waals surface area contributed by atoms with Crippen LogP contribution in [0.15, 0.2) is 72.9 Å². The largest absolute Gasteiger partial charge is 0.450 e. The maximum atomic E-state index is 13.4. The van der Waals surface area contributed by atoms with Crippen molar-refractivity contribution in [1.29, 1.82) is 0 Å². The topological polar surface area (TPSA) is 47.4 Å². The SMILES string of the molecule is CCOC(=O)N1C[C@H]2[C@H](c3ccccc3)[C@@]2(c2cc3cnn(-c4ccc(F)cc4)c3cc2C)C1. The van der Waals surface area contributed by atoms with Crippen molar-refractivity contribution in [3.05, 3.63) is 95.4 Å². The lowest BCUT2D eigenvalue weighted by molar-refractivity contribution is 0.110. The van der Waals surface area contributed by atoms with Crippen molar-refractivity contribution in [2.75, 3.05) is 19.7 Å². The molecular formula is C28H26FN3O2. The van der Waals surface area contributed by atoms with E-state index in [1.165, 1.54) is 28.8 Å². The van der Waals surface area contributed by atoms with Crippen LogP contribution in [0.1, 0.15) is 29.5 Å². The molecule has 3 aromatic carbocycles. The van der Waals surface area contributed by atoms with E-state index in [1.54, 1.807) is 12.1 Å². The number of rotatable bonds is 4. The molecule has 0 radical (unpaired) electrons. The smallest absolute Gasteiger partial charge is 0.409 e. The molecule has 172 valence electrons. The van der Waals surface area contributed by atoms with Crippen LogP contribution < -0.4 is 0 Å². The fourth-order valence-corrected chi connectivity index (χ4v) is 6.08. The first-order valence-electron chi connectivity index (χ1n) is 11.7. The number of benzene rings is 3. The number of fused-ring (bicyclic) bond motifs is 2. The third-order valence-electron chi connectivity index (χ3n) is 7.55. The van der Waals surface area contributed by atoms with E-state index in [0.29, 0.717) is 31.5 Å². The molecule has 6 heteroatoms. The second kappa shape index (κ2) is 7.69. The van der Waals surface area contributed by atoms with Crippen molar-refractivity contribution in [3.8, 4) is 5.69 Å². The van der Waals surface area contributed by atoms with E-state index >= 15 is 0 Å². The Kier molecular flexibility index (Phi) is 4.73. The van der Waals surface area contributed by atoms with E-state index in [0.717, 1.165) is 16.6 Å². The van der Waals surface area contributed by atoms with Gasteiger partial charge in [-0.3, -0.25) is 0 Å². The molecule has 1 saturated heterocycles. The van der Waals surface area contributed by atoms with Crippen LogP contribution in [0.25, 0.3) is 16.6 Å². The molecular weight excluding hydrogens is 429 g/mol. The van der Waals surface area contributed by atoms with E-state index < -0.39 is 0 Å². The lowest BCUT2D eigenvalue weighted by atomic mass is 9.86. The third-order valence-corrected chi connectivity index (χ3v) is 7.55. The summed E-state index contributed by atoms with van der Waals surface area (Å²) in [6.45, 7) is 5.70. The van der Waals surface area contributed by atoms with Gasteiger partial charge < -0.3 is 9.64 Å². The van der Waals surface area contributed by atoms with Gasteiger partial charge in [-0.15, -0.1) is 0 Å². The summed E-state index contributed by atoms with van der Waals surface area (Å²) in [6, 6.07) is 21.4. The standard InChI is InChI=1S/C28H26FN3O2/c1-3-34-27(33)31-16-24-26(19-7-5-4-6-8-19)28(24,17-31)23-14-20-15-30-32(25(20)13-18(23)2)22-11-9-21(29)10-12-22/h4-15,24,26H,3,16-17H2,1-2H3/t24-,26-,28+/m0/s1. The number of hydrogen-bond donors (Lipinski definition) is 0. The second-order valence-electron chi connectivity index (χ2n) is 9.37. The van der Waals surface area contributed by atoms with Crippen molar-refractivity contribution in [2.45, 2.75) is 25.2 Å². The van der Waals surface area contributed by atoms with Gasteiger partial charge in [-0.25, -0.2) is 13.9 Å². The summed E-state index contributed by atoms with van der Waals surface area (Å²) in [5, 5.41) is 5.63. The van der Waals surface area contributed by atoms with Crippen LogP contribution in [0.3, 0.4) is 0 Å². The minimum absolute atomic E-state index is 0.135. The van der Waals surface area contributed by atoms with E-state index in [9.17, 15) is 9.18 Å². The van der Waals surface area contributed by atoms with Crippen molar-refractivity contribution in [1.82, 2.24) is 14.7 Å². The summed E-state index contributed by atoms with van der Waals surface area (Å²) in [7, 11) is 0. The number of carbonyl (C=O) groups excluding carboxylic acids is 1. The molecule has 0 N–H and O–H groups in total. The zero-order valence-electron chi connectivity index (χ0n) is 19.2. The molecule has 3 atom stereocenters. The molecule has 2 fully saturated rings. The molecule has 0 bridgehead atoms. The number of piperidine rings is 1. The fraction of sp³-hybridized carbons (Fsp3) is 0.286. The van der Waals surface area contributed by atoms with Gasteiger partial charge in [0.15, 0.2) is 0 Å². The Bertz CT molecular complexity index is 1380. The summed E-state index contributed by atoms with van der Waals surface area (Å²) < 4.78 is 20.6. The van der Waals surface area contributed by atoms with Crippen LogP contribution in [-0.4, -0.2) is 40.5 Å². The normalized spacial score (nSPS) is 23.2. The van der Waals surface area contributed by atoms with Gasteiger partial charge in [0, 0.05) is 29.8 Å². The quantitative estimate of drug-likeness (QED) is 0.403. The Morgan fingerprint density at radius 3 is 2.65 bits per heavy atom. The maximum absolute atomic E-state index is 13.4. The van der Waals surface area contributed by atoms with Crippen LogP contribution in [-0.2, 0) is 10.2 Å². The van der Waals surface area contributed by atoms with Crippen LogP contribution in [0.2, 0.25) is 0 Å². The Morgan fingerprint density at radius 1 is 1.15 bits per heavy atom. The summed E-state index contributed by atoms with van der Waals surface area (Å²) in [5.74, 6) is 0.446. The third kappa shape index (κ3) is 3.05. The number of amides is 1. The summed E-state index contributed by atoms with van der Waals surface area (Å²) in [4.78, 5) is 14.4. The summed E-state index contributed by atoms with van der Waals surface area (Å²) in [6.07, 6.45) is 1.63. The number of aryl methyl sites for hydroxylation is 1. The first kappa shape index (κ1) is 20.9. The molecule has 0 spiro atoms. The number of likely N-dealkylation sites (tertiary alicyclic amines) is 1. The molecule has 1 amide bonds. The highest BCUT2D eigenvalue weighted by molar-refractivity contribution is 5.83. The van der Waals surface area contributed by atoms with Crippen LogP contribution >= 0.6 is 0 Å². The Hall–Kier alpha value is -3.67. The average Bonchev–Trinajstić information content (AvgIpc) is 3.11. The van der Waals surface area contributed by atoms with Gasteiger partial charge in [-0.05, 0) is 72.9 Å². The second-order valence-corrected chi connectivity index (χ2v) is 9.37. The number of aromatic nitrogens is 2. The first-order chi connectivity index (χ1) is 16.5.